The van der Waals surface area contributed by atoms with E-state index in [4.69, 9.17) is 11.6 Å². The summed E-state index contributed by atoms with van der Waals surface area (Å²) >= 11 is 5.52. The maximum absolute atomic E-state index is 9.98. The molecule has 0 aliphatic rings. The number of carbonyl (C=O) groups excluding carboxylic acids is 1. The van der Waals surface area contributed by atoms with E-state index in [2.05, 4.69) is 4.98 Å². The van der Waals surface area contributed by atoms with Gasteiger partial charge in [0.2, 0.25) is 6.29 Å². The maximum Gasteiger partial charge on any atom is 0.236 e. The van der Waals surface area contributed by atoms with E-state index in [1.807, 2.05) is 0 Å². The molecule has 0 unspecified atom stereocenters. The zero-order valence-corrected chi connectivity index (χ0v) is 5.22. The Balaban J connectivity index is 3.15. The summed E-state index contributed by atoms with van der Waals surface area (Å²) in [4.78, 5) is 13.6. The number of nitrogens with zero attached hydrogens (tertiary/aromatic N) is 1. The van der Waals surface area contributed by atoms with Crippen molar-refractivity contribution < 1.29 is 4.79 Å². The third kappa shape index (κ3) is 1.27. The third-order valence-corrected chi connectivity index (χ3v) is 1.21. The Bertz CT molecular complexity index is 224. The smallest absolute Gasteiger partial charge is 0.236 e. The van der Waals surface area contributed by atoms with Crippen LogP contribution in [-0.4, -0.2) is 11.3 Å². The van der Waals surface area contributed by atoms with Gasteiger partial charge in [0, 0.05) is 12.4 Å². The monoisotopic (exact) mass is 140 g/mol. The van der Waals surface area contributed by atoms with Gasteiger partial charge in [0.25, 0.3) is 0 Å². The van der Waals surface area contributed by atoms with Crippen molar-refractivity contribution in [3.05, 3.63) is 29.0 Å². The number of hydrogen-bond acceptors (Lipinski definition) is 2. The number of hydrogen-bond donors (Lipinski definition) is 0. The van der Waals surface area contributed by atoms with Crippen LogP contribution in [0.5, 0.6) is 0 Å². The molecule has 0 atom stereocenters. The van der Waals surface area contributed by atoms with Gasteiger partial charge in [-0.05, 0) is 6.07 Å². The van der Waals surface area contributed by atoms with Gasteiger partial charge in [-0.2, -0.15) is 0 Å². The van der Waals surface area contributed by atoms with Crippen LogP contribution in [0.3, 0.4) is 0 Å². The fourth-order valence-corrected chi connectivity index (χ4v) is 0.596. The molecule has 0 amide bonds. The van der Waals surface area contributed by atoms with Gasteiger partial charge in [0.1, 0.15) is 0 Å². The van der Waals surface area contributed by atoms with Gasteiger partial charge in [-0.3, -0.25) is 9.78 Å². The molecule has 0 bridgehead atoms. The van der Waals surface area contributed by atoms with E-state index < -0.39 is 0 Å². The topological polar surface area (TPSA) is 30.0 Å². The largest absolute Gasteiger partial charge is 0.285 e. The molecule has 0 aliphatic heterocycles. The van der Waals surface area contributed by atoms with Gasteiger partial charge in [-0.25, -0.2) is 0 Å². The fraction of sp³-hybridized carbons (Fsp3) is 0. The lowest BCUT2D eigenvalue weighted by Gasteiger charge is -1.88. The van der Waals surface area contributed by atoms with Gasteiger partial charge in [-0.15, -0.1) is 0 Å². The standard InChI is InChI=1S/C6H3ClNO/c7-6-1-2-8-3-5(6)4-9/h1-3H. The second-order valence-corrected chi connectivity index (χ2v) is 1.86. The summed E-state index contributed by atoms with van der Waals surface area (Å²) in [6.45, 7) is 0. The highest BCUT2D eigenvalue weighted by Gasteiger charge is 1.95. The summed E-state index contributed by atoms with van der Waals surface area (Å²) in [5, 5.41) is 0.389. The lowest BCUT2D eigenvalue weighted by molar-refractivity contribution is 0.562. The average Bonchev–Trinajstić information content (AvgIpc) is 1.89. The minimum Gasteiger partial charge on any atom is -0.285 e. The Hall–Kier alpha value is -0.890. The van der Waals surface area contributed by atoms with E-state index in [0.29, 0.717) is 10.6 Å². The summed E-state index contributed by atoms with van der Waals surface area (Å²) < 4.78 is 0. The van der Waals surface area contributed by atoms with Crippen molar-refractivity contribution in [2.45, 2.75) is 0 Å². The van der Waals surface area contributed by atoms with Crippen molar-refractivity contribution in [3.8, 4) is 0 Å². The van der Waals surface area contributed by atoms with E-state index >= 15 is 0 Å². The minimum atomic E-state index is 0.305. The number of pyridine rings is 1. The quantitative estimate of drug-likeness (QED) is 0.587. The molecule has 0 saturated heterocycles. The maximum atomic E-state index is 9.98. The van der Waals surface area contributed by atoms with Gasteiger partial charge in [-0.1, -0.05) is 11.6 Å². The average molecular weight is 141 g/mol. The Morgan fingerprint density at radius 2 is 2.44 bits per heavy atom. The van der Waals surface area contributed by atoms with Crippen molar-refractivity contribution in [2.24, 2.45) is 0 Å². The Morgan fingerprint density at radius 3 is 2.89 bits per heavy atom. The van der Waals surface area contributed by atoms with Crippen LogP contribution in [0.15, 0.2) is 18.5 Å². The summed E-state index contributed by atoms with van der Waals surface area (Å²) in [5.74, 6) is 0. The fourth-order valence-electron chi connectivity index (χ4n) is 0.453. The molecule has 0 aliphatic carbocycles. The van der Waals surface area contributed by atoms with Crippen LogP contribution in [0.25, 0.3) is 0 Å². The molecule has 0 N–H and O–H groups in total. The van der Waals surface area contributed by atoms with E-state index in [0.717, 1.165) is 0 Å². The number of aromatic nitrogens is 1. The van der Waals surface area contributed by atoms with Gasteiger partial charge < -0.3 is 0 Å². The zero-order chi connectivity index (χ0) is 6.69. The van der Waals surface area contributed by atoms with Crippen LogP contribution in [0.2, 0.25) is 5.02 Å². The predicted octanol–water partition coefficient (Wildman–Crippen LogP) is 1.19. The molecule has 1 radical (unpaired) electrons. The van der Waals surface area contributed by atoms with Gasteiger partial charge in [0.15, 0.2) is 0 Å². The Labute approximate surface area is 57.5 Å². The lowest BCUT2D eigenvalue weighted by atomic mass is 10.3. The van der Waals surface area contributed by atoms with Crippen LogP contribution >= 0.6 is 11.6 Å². The summed E-state index contributed by atoms with van der Waals surface area (Å²) in [6.07, 6.45) is 4.54. The molecule has 0 aromatic carbocycles. The van der Waals surface area contributed by atoms with E-state index in [9.17, 15) is 4.79 Å². The van der Waals surface area contributed by atoms with Gasteiger partial charge in [0.05, 0.1) is 10.6 Å². The summed E-state index contributed by atoms with van der Waals surface area (Å²) in [7, 11) is 0. The molecular weight excluding hydrogens is 138 g/mol. The van der Waals surface area contributed by atoms with Crippen molar-refractivity contribution in [1.29, 1.82) is 0 Å². The summed E-state index contributed by atoms with van der Waals surface area (Å²) in [5.41, 5.74) is 0.305. The van der Waals surface area contributed by atoms with Crippen molar-refractivity contribution >= 4 is 17.9 Å². The molecule has 0 spiro atoms. The van der Waals surface area contributed by atoms with Crippen LogP contribution in [-0.2, 0) is 4.79 Å². The second-order valence-electron chi connectivity index (χ2n) is 1.46. The third-order valence-electron chi connectivity index (χ3n) is 0.878. The van der Waals surface area contributed by atoms with Crippen LogP contribution in [0.4, 0.5) is 0 Å². The molecule has 3 heteroatoms. The van der Waals surface area contributed by atoms with Crippen LogP contribution < -0.4 is 0 Å². The molecule has 0 fully saturated rings. The molecular formula is C6H3ClNO. The highest BCUT2D eigenvalue weighted by Crippen LogP contribution is 2.09. The van der Waals surface area contributed by atoms with E-state index in [1.165, 1.54) is 12.4 Å². The highest BCUT2D eigenvalue weighted by molar-refractivity contribution is 6.32. The molecule has 0 saturated carbocycles. The van der Waals surface area contributed by atoms with Crippen LogP contribution in [0.1, 0.15) is 5.56 Å². The lowest BCUT2D eigenvalue weighted by Crippen LogP contribution is -1.81. The Morgan fingerprint density at radius 1 is 1.67 bits per heavy atom. The van der Waals surface area contributed by atoms with Crippen molar-refractivity contribution in [1.82, 2.24) is 4.98 Å². The van der Waals surface area contributed by atoms with Crippen molar-refractivity contribution in [3.63, 3.8) is 0 Å². The molecule has 1 rings (SSSR count). The number of rotatable bonds is 1. The predicted molar refractivity (Wildman–Crippen MR) is 34.0 cm³/mol. The molecule has 9 heavy (non-hydrogen) atoms. The van der Waals surface area contributed by atoms with E-state index in [-0.39, 0.29) is 0 Å². The molecule has 1 aromatic rings. The first kappa shape index (κ1) is 6.23. The molecule has 1 aromatic heterocycles. The summed E-state index contributed by atoms with van der Waals surface area (Å²) in [6, 6.07) is 1.54. The minimum absolute atomic E-state index is 0.305. The molecule has 1 heterocycles. The molecule has 45 valence electrons. The highest BCUT2D eigenvalue weighted by atomic mass is 35.5. The first-order valence-electron chi connectivity index (χ1n) is 2.32. The second kappa shape index (κ2) is 2.60. The van der Waals surface area contributed by atoms with Gasteiger partial charge >= 0.3 is 0 Å². The zero-order valence-electron chi connectivity index (χ0n) is 4.47. The van der Waals surface area contributed by atoms with Crippen molar-refractivity contribution in [2.75, 3.05) is 0 Å². The molecule has 2 nitrogen and oxygen atoms in total. The first-order valence-corrected chi connectivity index (χ1v) is 2.70. The first-order chi connectivity index (χ1) is 4.34. The SMILES string of the molecule is O=[C]c1cnccc1Cl. The normalized spacial score (nSPS) is 9.00. The number of halogens is 1. The Kier molecular flexibility index (Phi) is 1.80. The van der Waals surface area contributed by atoms with Crippen LogP contribution in [0, 0.1) is 0 Å². The van der Waals surface area contributed by atoms with E-state index in [1.54, 1.807) is 12.4 Å².